The molecule has 0 bridgehead atoms. The Kier molecular flexibility index (Phi) is 3.72. The van der Waals surface area contributed by atoms with E-state index in [2.05, 4.69) is 5.92 Å². The monoisotopic (exact) mass is 241 g/mol. The van der Waals surface area contributed by atoms with E-state index in [0.717, 1.165) is 23.2 Å². The summed E-state index contributed by atoms with van der Waals surface area (Å²) in [6, 6.07) is 5.94. The van der Waals surface area contributed by atoms with Gasteiger partial charge in [-0.15, -0.1) is 6.42 Å². The number of carbonyl (C=O) groups is 1. The maximum absolute atomic E-state index is 12.6. The van der Waals surface area contributed by atoms with E-state index in [9.17, 15) is 4.79 Å². The van der Waals surface area contributed by atoms with E-state index < -0.39 is 0 Å². The number of aryl methyl sites for hydroxylation is 2. The molecule has 1 fully saturated rings. The number of terminal acetylenes is 1. The van der Waals surface area contributed by atoms with Crippen LogP contribution in [-0.2, 0) is 0 Å². The van der Waals surface area contributed by atoms with Crippen molar-refractivity contribution in [3.8, 4) is 12.3 Å². The molecule has 2 heteroatoms. The summed E-state index contributed by atoms with van der Waals surface area (Å²) in [7, 11) is 0. The Morgan fingerprint density at radius 3 is 2.50 bits per heavy atom. The van der Waals surface area contributed by atoms with Gasteiger partial charge in [-0.1, -0.05) is 24.1 Å². The Labute approximate surface area is 109 Å². The number of benzene rings is 1. The van der Waals surface area contributed by atoms with Gasteiger partial charge in [0.1, 0.15) is 0 Å². The van der Waals surface area contributed by atoms with E-state index in [-0.39, 0.29) is 5.91 Å². The first-order chi connectivity index (χ1) is 8.63. The highest BCUT2D eigenvalue weighted by molar-refractivity contribution is 5.97. The molecule has 0 atom stereocenters. The zero-order chi connectivity index (χ0) is 13.1. The fraction of sp³-hybridized carbons (Fsp3) is 0.438. The van der Waals surface area contributed by atoms with Crippen LogP contribution in [0.5, 0.6) is 0 Å². The van der Waals surface area contributed by atoms with Gasteiger partial charge in [-0.05, 0) is 43.7 Å². The molecule has 94 valence electrons. The summed E-state index contributed by atoms with van der Waals surface area (Å²) in [6.07, 6.45) is 7.82. The third-order valence-electron chi connectivity index (χ3n) is 3.44. The minimum Gasteiger partial charge on any atom is -0.327 e. The fourth-order valence-electron chi connectivity index (χ4n) is 2.25. The van der Waals surface area contributed by atoms with Crippen molar-refractivity contribution in [3.63, 3.8) is 0 Å². The Morgan fingerprint density at radius 1 is 1.39 bits per heavy atom. The fourth-order valence-corrected chi connectivity index (χ4v) is 2.25. The molecule has 1 aliphatic rings. The molecule has 1 saturated carbocycles. The third-order valence-corrected chi connectivity index (χ3v) is 3.44. The zero-order valence-electron chi connectivity index (χ0n) is 11.1. The number of nitrogens with zero attached hydrogens (tertiary/aromatic N) is 1. The molecule has 0 N–H and O–H groups in total. The van der Waals surface area contributed by atoms with Gasteiger partial charge in [-0.25, -0.2) is 0 Å². The first kappa shape index (κ1) is 12.7. The highest BCUT2D eigenvalue weighted by atomic mass is 16.2. The van der Waals surface area contributed by atoms with Gasteiger partial charge in [-0.2, -0.15) is 0 Å². The largest absolute Gasteiger partial charge is 0.327 e. The number of hydrogen-bond acceptors (Lipinski definition) is 1. The van der Waals surface area contributed by atoms with Gasteiger partial charge in [0.15, 0.2) is 0 Å². The molecule has 1 aromatic rings. The molecule has 0 spiro atoms. The average Bonchev–Trinajstić information content (AvgIpc) is 3.12. The van der Waals surface area contributed by atoms with Crippen molar-refractivity contribution in [1.82, 2.24) is 4.90 Å². The second-order valence-corrected chi connectivity index (χ2v) is 5.10. The van der Waals surface area contributed by atoms with E-state index in [0.29, 0.717) is 12.5 Å². The van der Waals surface area contributed by atoms with E-state index in [1.807, 2.05) is 36.9 Å². The predicted molar refractivity (Wildman–Crippen MR) is 73.4 cm³/mol. The van der Waals surface area contributed by atoms with E-state index in [1.54, 1.807) is 0 Å². The van der Waals surface area contributed by atoms with Crippen LogP contribution in [0.25, 0.3) is 0 Å². The van der Waals surface area contributed by atoms with Crippen molar-refractivity contribution in [2.75, 3.05) is 13.1 Å². The summed E-state index contributed by atoms with van der Waals surface area (Å²) in [5.74, 6) is 3.33. The van der Waals surface area contributed by atoms with Crippen LogP contribution in [-0.4, -0.2) is 23.9 Å². The minimum absolute atomic E-state index is 0.0791. The van der Waals surface area contributed by atoms with E-state index in [1.165, 1.54) is 12.8 Å². The minimum atomic E-state index is 0.0791. The Hall–Kier alpha value is -1.75. The standard InChI is InChI=1S/C16H19NO/c1-4-10-17(11-14-8-9-14)16(18)15-12(2)6-5-7-13(15)3/h1,5-7,14H,8-11H2,2-3H3. The first-order valence-corrected chi connectivity index (χ1v) is 6.42. The normalized spacial score (nSPS) is 14.1. The highest BCUT2D eigenvalue weighted by Gasteiger charge is 2.27. The molecule has 0 aromatic heterocycles. The summed E-state index contributed by atoms with van der Waals surface area (Å²) in [5, 5.41) is 0. The number of rotatable bonds is 4. The van der Waals surface area contributed by atoms with Crippen molar-refractivity contribution >= 4 is 5.91 Å². The quantitative estimate of drug-likeness (QED) is 0.742. The zero-order valence-corrected chi connectivity index (χ0v) is 11.1. The van der Waals surface area contributed by atoms with Crippen LogP contribution in [0.4, 0.5) is 0 Å². The van der Waals surface area contributed by atoms with Crippen LogP contribution in [0, 0.1) is 32.1 Å². The lowest BCUT2D eigenvalue weighted by Gasteiger charge is -2.22. The lowest BCUT2D eigenvalue weighted by Crippen LogP contribution is -2.34. The molecule has 0 unspecified atom stereocenters. The first-order valence-electron chi connectivity index (χ1n) is 6.42. The van der Waals surface area contributed by atoms with Crippen molar-refractivity contribution in [1.29, 1.82) is 0 Å². The van der Waals surface area contributed by atoms with E-state index in [4.69, 9.17) is 6.42 Å². The topological polar surface area (TPSA) is 20.3 Å². The number of carbonyl (C=O) groups excluding carboxylic acids is 1. The molecule has 2 rings (SSSR count). The van der Waals surface area contributed by atoms with Gasteiger partial charge in [0.25, 0.3) is 5.91 Å². The molecule has 1 aliphatic carbocycles. The number of amides is 1. The van der Waals surface area contributed by atoms with Crippen LogP contribution in [0.15, 0.2) is 18.2 Å². The highest BCUT2D eigenvalue weighted by Crippen LogP contribution is 2.30. The molecule has 0 radical (unpaired) electrons. The smallest absolute Gasteiger partial charge is 0.255 e. The molecule has 1 aromatic carbocycles. The molecular formula is C16H19NO. The maximum Gasteiger partial charge on any atom is 0.255 e. The molecule has 1 amide bonds. The van der Waals surface area contributed by atoms with Crippen LogP contribution >= 0.6 is 0 Å². The number of hydrogen-bond donors (Lipinski definition) is 0. The summed E-state index contributed by atoms with van der Waals surface area (Å²) in [6.45, 7) is 5.16. The summed E-state index contributed by atoms with van der Waals surface area (Å²) >= 11 is 0. The summed E-state index contributed by atoms with van der Waals surface area (Å²) < 4.78 is 0. The molecule has 0 saturated heterocycles. The van der Waals surface area contributed by atoms with Gasteiger partial charge in [0.05, 0.1) is 6.54 Å². The van der Waals surface area contributed by atoms with Crippen molar-refractivity contribution in [3.05, 3.63) is 34.9 Å². The second-order valence-electron chi connectivity index (χ2n) is 5.10. The molecule has 0 heterocycles. The Morgan fingerprint density at radius 2 is 2.00 bits per heavy atom. The van der Waals surface area contributed by atoms with E-state index >= 15 is 0 Å². The molecule has 2 nitrogen and oxygen atoms in total. The average molecular weight is 241 g/mol. The van der Waals surface area contributed by atoms with Gasteiger partial charge >= 0.3 is 0 Å². The van der Waals surface area contributed by atoms with Crippen LogP contribution < -0.4 is 0 Å². The van der Waals surface area contributed by atoms with Crippen molar-refractivity contribution < 1.29 is 4.79 Å². The summed E-state index contributed by atoms with van der Waals surface area (Å²) in [5.41, 5.74) is 2.86. The Bertz CT molecular complexity index is 474. The van der Waals surface area contributed by atoms with Crippen LogP contribution in [0.1, 0.15) is 34.3 Å². The second kappa shape index (κ2) is 5.27. The lowest BCUT2D eigenvalue weighted by atomic mass is 10.0. The Balaban J connectivity index is 2.24. The van der Waals surface area contributed by atoms with Gasteiger partial charge in [0.2, 0.25) is 0 Å². The maximum atomic E-state index is 12.6. The third kappa shape index (κ3) is 2.73. The molecule has 18 heavy (non-hydrogen) atoms. The van der Waals surface area contributed by atoms with Gasteiger partial charge in [0, 0.05) is 12.1 Å². The molecule has 0 aliphatic heterocycles. The summed E-state index contributed by atoms with van der Waals surface area (Å²) in [4.78, 5) is 14.4. The van der Waals surface area contributed by atoms with Crippen LogP contribution in [0.2, 0.25) is 0 Å². The molecular weight excluding hydrogens is 222 g/mol. The lowest BCUT2D eigenvalue weighted by molar-refractivity contribution is 0.0768. The van der Waals surface area contributed by atoms with Crippen LogP contribution in [0.3, 0.4) is 0 Å². The van der Waals surface area contributed by atoms with Gasteiger partial charge < -0.3 is 4.90 Å². The van der Waals surface area contributed by atoms with Gasteiger partial charge in [-0.3, -0.25) is 4.79 Å². The predicted octanol–water partition coefficient (Wildman–Crippen LogP) is 2.79. The van der Waals surface area contributed by atoms with Crippen molar-refractivity contribution in [2.24, 2.45) is 5.92 Å². The SMILES string of the molecule is C#CCN(CC1CC1)C(=O)c1c(C)cccc1C. The van der Waals surface area contributed by atoms with Crippen molar-refractivity contribution in [2.45, 2.75) is 26.7 Å².